The van der Waals surface area contributed by atoms with E-state index in [2.05, 4.69) is 47.9 Å². The summed E-state index contributed by atoms with van der Waals surface area (Å²) in [6.45, 7) is 7.86. The third kappa shape index (κ3) is 3.85. The number of rotatable bonds is 4. The van der Waals surface area contributed by atoms with Crippen molar-refractivity contribution >= 4 is 17.3 Å². The van der Waals surface area contributed by atoms with Crippen molar-refractivity contribution in [3.63, 3.8) is 0 Å². The molecule has 1 aliphatic heterocycles. The van der Waals surface area contributed by atoms with Gasteiger partial charge in [0.25, 0.3) is 5.56 Å². The highest BCUT2D eigenvalue weighted by Crippen LogP contribution is 2.24. The first kappa shape index (κ1) is 19.8. The molecular weight excluding hydrogens is 384 g/mol. The summed E-state index contributed by atoms with van der Waals surface area (Å²) in [6.07, 6.45) is 0. The summed E-state index contributed by atoms with van der Waals surface area (Å²) < 4.78 is 3.53. The quantitative estimate of drug-likeness (QED) is 0.655. The minimum Gasteiger partial charge on any atom is -0.366 e. The Labute approximate surface area is 176 Å². The standard InChI is InChI=1S/C23H27ClN4O/c1-17-8-7-11-20(14-17)27-13-12-26(15-18(27)2)16-21-22(24)23(29)28(25(21)3)19-9-5-4-6-10-19/h4-11,14,18H,12-13,15-16H2,1-3H3. The molecule has 1 unspecified atom stereocenters. The largest absolute Gasteiger partial charge is 0.366 e. The van der Waals surface area contributed by atoms with E-state index in [9.17, 15) is 4.79 Å². The van der Waals surface area contributed by atoms with Crippen LogP contribution < -0.4 is 10.5 Å². The van der Waals surface area contributed by atoms with Gasteiger partial charge in [-0.05, 0) is 43.7 Å². The molecule has 1 atom stereocenters. The topological polar surface area (TPSA) is 33.4 Å². The molecule has 0 radical (unpaired) electrons. The average Bonchev–Trinajstić information content (AvgIpc) is 2.92. The second-order valence-electron chi connectivity index (χ2n) is 7.85. The smallest absolute Gasteiger partial charge is 0.290 e. The third-order valence-corrected chi connectivity index (χ3v) is 6.12. The summed E-state index contributed by atoms with van der Waals surface area (Å²) in [4.78, 5) is 17.6. The van der Waals surface area contributed by atoms with Gasteiger partial charge in [0.2, 0.25) is 0 Å². The Hall–Kier alpha value is -2.50. The fraction of sp³-hybridized carbons (Fsp3) is 0.348. The van der Waals surface area contributed by atoms with Crippen molar-refractivity contribution in [1.29, 1.82) is 0 Å². The molecule has 2 heterocycles. The zero-order chi connectivity index (χ0) is 20.5. The number of aryl methyl sites for hydroxylation is 1. The lowest BCUT2D eigenvalue weighted by Gasteiger charge is -2.41. The Morgan fingerprint density at radius 2 is 1.76 bits per heavy atom. The average molecular weight is 411 g/mol. The van der Waals surface area contributed by atoms with Gasteiger partial charge >= 0.3 is 0 Å². The number of halogens is 1. The van der Waals surface area contributed by atoms with Crippen molar-refractivity contribution in [2.24, 2.45) is 7.05 Å². The van der Waals surface area contributed by atoms with E-state index in [1.165, 1.54) is 11.3 Å². The monoisotopic (exact) mass is 410 g/mol. The Morgan fingerprint density at radius 1 is 1.03 bits per heavy atom. The molecule has 0 spiro atoms. The summed E-state index contributed by atoms with van der Waals surface area (Å²) in [5.74, 6) is 0. The summed E-state index contributed by atoms with van der Waals surface area (Å²) in [5.41, 5.74) is 4.07. The van der Waals surface area contributed by atoms with Gasteiger partial charge in [0, 0.05) is 45.0 Å². The van der Waals surface area contributed by atoms with E-state index in [-0.39, 0.29) is 5.56 Å². The molecule has 2 aromatic carbocycles. The van der Waals surface area contributed by atoms with Gasteiger partial charge in [-0.15, -0.1) is 0 Å². The van der Waals surface area contributed by atoms with E-state index in [1.807, 2.05) is 42.1 Å². The molecule has 5 nitrogen and oxygen atoms in total. The Kier molecular flexibility index (Phi) is 5.52. The first-order chi connectivity index (χ1) is 14.0. The molecule has 0 aliphatic carbocycles. The number of para-hydroxylation sites is 1. The van der Waals surface area contributed by atoms with E-state index in [0.717, 1.165) is 31.0 Å². The molecular formula is C23H27ClN4O. The molecule has 0 bridgehead atoms. The predicted molar refractivity (Wildman–Crippen MR) is 119 cm³/mol. The maximum absolute atomic E-state index is 12.8. The van der Waals surface area contributed by atoms with Crippen molar-refractivity contribution in [3.05, 3.63) is 81.2 Å². The molecule has 0 saturated carbocycles. The van der Waals surface area contributed by atoms with Crippen LogP contribution in [0, 0.1) is 6.92 Å². The fourth-order valence-corrected chi connectivity index (χ4v) is 4.49. The first-order valence-electron chi connectivity index (χ1n) is 10.0. The summed E-state index contributed by atoms with van der Waals surface area (Å²) in [6, 6.07) is 18.7. The van der Waals surface area contributed by atoms with E-state index in [4.69, 9.17) is 11.6 Å². The second-order valence-corrected chi connectivity index (χ2v) is 8.23. The Bertz CT molecular complexity index is 1060. The van der Waals surface area contributed by atoms with Gasteiger partial charge in [-0.3, -0.25) is 14.4 Å². The highest BCUT2D eigenvalue weighted by molar-refractivity contribution is 6.31. The van der Waals surface area contributed by atoms with Crippen LogP contribution in [-0.4, -0.2) is 39.9 Å². The number of hydrogen-bond donors (Lipinski definition) is 0. The van der Waals surface area contributed by atoms with E-state index < -0.39 is 0 Å². The molecule has 1 saturated heterocycles. The molecule has 29 heavy (non-hydrogen) atoms. The van der Waals surface area contributed by atoms with Gasteiger partial charge in [-0.1, -0.05) is 41.9 Å². The van der Waals surface area contributed by atoms with Crippen LogP contribution in [0.4, 0.5) is 5.69 Å². The molecule has 1 aromatic heterocycles. The number of aromatic nitrogens is 2. The lowest BCUT2D eigenvalue weighted by Crippen LogP contribution is -2.51. The summed E-state index contributed by atoms with van der Waals surface area (Å²) in [7, 11) is 1.90. The number of nitrogens with zero attached hydrogens (tertiary/aromatic N) is 4. The highest BCUT2D eigenvalue weighted by atomic mass is 35.5. The van der Waals surface area contributed by atoms with E-state index >= 15 is 0 Å². The normalized spacial score (nSPS) is 17.7. The van der Waals surface area contributed by atoms with Crippen LogP contribution >= 0.6 is 11.6 Å². The van der Waals surface area contributed by atoms with Crippen LogP contribution in [0.15, 0.2) is 59.4 Å². The van der Waals surface area contributed by atoms with Gasteiger partial charge in [0.15, 0.2) is 0 Å². The first-order valence-corrected chi connectivity index (χ1v) is 10.4. The molecule has 0 N–H and O–H groups in total. The third-order valence-electron chi connectivity index (χ3n) is 5.74. The summed E-state index contributed by atoms with van der Waals surface area (Å²) in [5, 5.41) is 0.310. The number of benzene rings is 2. The Morgan fingerprint density at radius 3 is 2.45 bits per heavy atom. The van der Waals surface area contributed by atoms with Crippen LogP contribution in [0.2, 0.25) is 5.02 Å². The van der Waals surface area contributed by atoms with Crippen LogP contribution in [0.5, 0.6) is 0 Å². The van der Waals surface area contributed by atoms with Gasteiger partial charge in [0.05, 0.1) is 11.4 Å². The maximum Gasteiger partial charge on any atom is 0.290 e. The van der Waals surface area contributed by atoms with Crippen molar-refractivity contribution in [3.8, 4) is 5.69 Å². The second kappa shape index (κ2) is 8.09. The van der Waals surface area contributed by atoms with Crippen LogP contribution in [0.1, 0.15) is 18.2 Å². The van der Waals surface area contributed by atoms with Crippen LogP contribution in [-0.2, 0) is 13.6 Å². The maximum atomic E-state index is 12.8. The van der Waals surface area contributed by atoms with Crippen molar-refractivity contribution in [2.45, 2.75) is 26.4 Å². The molecule has 4 rings (SSSR count). The number of hydrogen-bond acceptors (Lipinski definition) is 3. The van der Waals surface area contributed by atoms with Crippen molar-refractivity contribution in [2.75, 3.05) is 24.5 Å². The van der Waals surface area contributed by atoms with Gasteiger partial charge in [-0.25, -0.2) is 4.68 Å². The zero-order valence-corrected chi connectivity index (χ0v) is 17.9. The van der Waals surface area contributed by atoms with Crippen LogP contribution in [0.25, 0.3) is 5.69 Å². The number of piperazine rings is 1. The molecule has 1 aliphatic rings. The minimum atomic E-state index is -0.165. The van der Waals surface area contributed by atoms with E-state index in [1.54, 1.807) is 4.68 Å². The molecule has 0 amide bonds. The Balaban J connectivity index is 1.53. The lowest BCUT2D eigenvalue weighted by molar-refractivity contribution is 0.215. The predicted octanol–water partition coefficient (Wildman–Crippen LogP) is 3.85. The highest BCUT2D eigenvalue weighted by Gasteiger charge is 2.26. The van der Waals surface area contributed by atoms with Gasteiger partial charge in [-0.2, -0.15) is 0 Å². The van der Waals surface area contributed by atoms with E-state index in [0.29, 0.717) is 17.6 Å². The van der Waals surface area contributed by atoms with Gasteiger partial charge < -0.3 is 4.90 Å². The summed E-state index contributed by atoms with van der Waals surface area (Å²) >= 11 is 6.48. The molecule has 3 aromatic rings. The SMILES string of the molecule is Cc1cccc(N2CCN(Cc3c(Cl)c(=O)n(-c4ccccc4)n3C)CC2C)c1. The zero-order valence-electron chi connectivity index (χ0n) is 17.2. The lowest BCUT2D eigenvalue weighted by atomic mass is 10.1. The van der Waals surface area contributed by atoms with Crippen LogP contribution in [0.3, 0.4) is 0 Å². The van der Waals surface area contributed by atoms with Crippen molar-refractivity contribution in [1.82, 2.24) is 14.3 Å². The van der Waals surface area contributed by atoms with Gasteiger partial charge in [0.1, 0.15) is 5.02 Å². The minimum absolute atomic E-state index is 0.165. The fourth-order valence-electron chi connectivity index (χ4n) is 4.23. The molecule has 152 valence electrons. The number of anilines is 1. The molecule has 1 fully saturated rings. The van der Waals surface area contributed by atoms with Crippen molar-refractivity contribution < 1.29 is 0 Å². The molecule has 6 heteroatoms.